The van der Waals surface area contributed by atoms with Gasteiger partial charge in [-0.3, -0.25) is 4.79 Å². The van der Waals surface area contributed by atoms with Crippen LogP contribution in [0.4, 0.5) is 0 Å². The molecule has 0 aliphatic rings. The molecule has 0 aromatic heterocycles. The zero-order valence-corrected chi connectivity index (χ0v) is 14.6. The predicted octanol–water partition coefficient (Wildman–Crippen LogP) is 5.60. The van der Waals surface area contributed by atoms with Gasteiger partial charge in [0, 0.05) is 12.8 Å². The van der Waals surface area contributed by atoms with E-state index >= 15 is 0 Å². The van der Waals surface area contributed by atoms with Crippen LogP contribution in [0.5, 0.6) is 0 Å². The van der Waals surface area contributed by atoms with E-state index in [0.29, 0.717) is 6.42 Å². The minimum absolute atomic E-state index is 0.0799. The molecule has 0 spiro atoms. The average molecular weight is 312 g/mol. The van der Waals surface area contributed by atoms with Crippen molar-refractivity contribution in [2.45, 2.75) is 103 Å². The van der Waals surface area contributed by atoms with E-state index in [1.807, 2.05) is 0 Å². The van der Waals surface area contributed by atoms with Gasteiger partial charge in [0.15, 0.2) is 0 Å². The number of methoxy groups -OCH3 is 1. The SMILES string of the molecule is COC(=O)CCCCCCCCCCCCCCCCC=O. The predicted molar refractivity (Wildman–Crippen MR) is 92.0 cm³/mol. The first-order chi connectivity index (χ1) is 10.8. The third kappa shape index (κ3) is 17.2. The Kier molecular flexibility index (Phi) is 17.5. The molecule has 0 saturated heterocycles. The molecule has 0 heterocycles. The van der Waals surface area contributed by atoms with E-state index in [2.05, 4.69) is 4.74 Å². The van der Waals surface area contributed by atoms with Crippen LogP contribution in [0.15, 0.2) is 0 Å². The number of carbonyl (C=O) groups excluding carboxylic acids is 2. The van der Waals surface area contributed by atoms with Crippen LogP contribution in [0.25, 0.3) is 0 Å². The van der Waals surface area contributed by atoms with Gasteiger partial charge in [-0.1, -0.05) is 77.0 Å². The fourth-order valence-corrected chi connectivity index (χ4v) is 2.72. The van der Waals surface area contributed by atoms with E-state index in [1.165, 1.54) is 77.7 Å². The Bertz CT molecular complexity index is 251. The summed E-state index contributed by atoms with van der Waals surface area (Å²) < 4.78 is 4.62. The van der Waals surface area contributed by atoms with Crippen molar-refractivity contribution in [2.24, 2.45) is 0 Å². The smallest absolute Gasteiger partial charge is 0.305 e. The number of hydrogen-bond acceptors (Lipinski definition) is 3. The molecule has 0 aliphatic carbocycles. The van der Waals surface area contributed by atoms with Gasteiger partial charge in [-0.05, 0) is 12.8 Å². The van der Waals surface area contributed by atoms with Crippen LogP contribution in [-0.2, 0) is 14.3 Å². The molecule has 0 amide bonds. The summed E-state index contributed by atoms with van der Waals surface area (Å²) in [6, 6.07) is 0. The fourth-order valence-electron chi connectivity index (χ4n) is 2.72. The lowest BCUT2D eigenvalue weighted by atomic mass is 10.0. The van der Waals surface area contributed by atoms with Crippen LogP contribution < -0.4 is 0 Å². The number of unbranched alkanes of at least 4 members (excludes halogenated alkanes) is 14. The Labute approximate surface area is 137 Å². The molecule has 0 N–H and O–H groups in total. The topological polar surface area (TPSA) is 43.4 Å². The standard InChI is InChI=1S/C19H36O3/c1-22-19(21)17-15-13-11-9-7-5-3-2-4-6-8-10-12-14-16-18-20/h18H,2-17H2,1H3. The zero-order chi connectivity index (χ0) is 16.3. The van der Waals surface area contributed by atoms with E-state index in [9.17, 15) is 9.59 Å². The second-order valence-electron chi connectivity index (χ2n) is 6.23. The summed E-state index contributed by atoms with van der Waals surface area (Å²) in [5, 5.41) is 0. The lowest BCUT2D eigenvalue weighted by Crippen LogP contribution is -1.99. The summed E-state index contributed by atoms with van der Waals surface area (Å²) >= 11 is 0. The second-order valence-corrected chi connectivity index (χ2v) is 6.23. The molecule has 0 fully saturated rings. The summed E-state index contributed by atoms with van der Waals surface area (Å²) in [5.41, 5.74) is 0. The molecule has 0 saturated carbocycles. The molecule has 0 aliphatic heterocycles. The Morgan fingerprint density at radius 1 is 0.682 bits per heavy atom. The maximum Gasteiger partial charge on any atom is 0.305 e. The minimum Gasteiger partial charge on any atom is -0.469 e. The normalized spacial score (nSPS) is 10.6. The number of esters is 1. The maximum atomic E-state index is 10.9. The van der Waals surface area contributed by atoms with Crippen LogP contribution in [0.3, 0.4) is 0 Å². The van der Waals surface area contributed by atoms with E-state index < -0.39 is 0 Å². The second kappa shape index (κ2) is 18.2. The van der Waals surface area contributed by atoms with Crippen molar-refractivity contribution >= 4 is 12.3 Å². The van der Waals surface area contributed by atoms with Crippen LogP contribution >= 0.6 is 0 Å². The summed E-state index contributed by atoms with van der Waals surface area (Å²) in [4.78, 5) is 21.1. The average Bonchev–Trinajstić information content (AvgIpc) is 2.54. The van der Waals surface area contributed by atoms with Gasteiger partial charge >= 0.3 is 5.97 Å². The van der Waals surface area contributed by atoms with E-state index in [0.717, 1.165) is 32.0 Å². The maximum absolute atomic E-state index is 10.9. The third-order valence-electron chi connectivity index (χ3n) is 4.18. The van der Waals surface area contributed by atoms with Crippen molar-refractivity contribution in [2.75, 3.05) is 7.11 Å². The molecule has 0 radical (unpaired) electrons. The van der Waals surface area contributed by atoms with Gasteiger partial charge in [-0.25, -0.2) is 0 Å². The van der Waals surface area contributed by atoms with Crippen LogP contribution in [-0.4, -0.2) is 19.4 Å². The van der Waals surface area contributed by atoms with Crippen LogP contribution in [0.2, 0.25) is 0 Å². The van der Waals surface area contributed by atoms with Gasteiger partial charge in [0.25, 0.3) is 0 Å². The van der Waals surface area contributed by atoms with Gasteiger partial charge in [0.05, 0.1) is 7.11 Å². The quantitative estimate of drug-likeness (QED) is 0.199. The lowest BCUT2D eigenvalue weighted by Gasteiger charge is -2.03. The van der Waals surface area contributed by atoms with Gasteiger partial charge in [0.1, 0.15) is 6.29 Å². The number of hydrogen-bond donors (Lipinski definition) is 0. The molecule has 0 aromatic carbocycles. The molecule has 0 rings (SSSR count). The van der Waals surface area contributed by atoms with Gasteiger partial charge < -0.3 is 9.53 Å². The molecule has 0 atom stereocenters. The Balaban J connectivity index is 2.99. The number of rotatable bonds is 17. The van der Waals surface area contributed by atoms with Crippen LogP contribution in [0, 0.1) is 0 Å². The molecular weight excluding hydrogens is 276 g/mol. The Hall–Kier alpha value is -0.860. The van der Waals surface area contributed by atoms with Crippen molar-refractivity contribution in [3.05, 3.63) is 0 Å². The van der Waals surface area contributed by atoms with Crippen LogP contribution in [0.1, 0.15) is 103 Å². The summed E-state index contributed by atoms with van der Waals surface area (Å²) in [6.07, 6.45) is 20.1. The largest absolute Gasteiger partial charge is 0.469 e. The van der Waals surface area contributed by atoms with Crippen molar-refractivity contribution < 1.29 is 14.3 Å². The number of carbonyl (C=O) groups is 2. The van der Waals surface area contributed by atoms with Crippen molar-refractivity contribution in [3.63, 3.8) is 0 Å². The summed E-state index contributed by atoms with van der Waals surface area (Å²) in [5.74, 6) is -0.0799. The zero-order valence-electron chi connectivity index (χ0n) is 14.6. The molecule has 0 unspecified atom stereocenters. The van der Waals surface area contributed by atoms with Crippen molar-refractivity contribution in [1.29, 1.82) is 0 Å². The highest BCUT2D eigenvalue weighted by Gasteiger charge is 1.99. The van der Waals surface area contributed by atoms with E-state index in [4.69, 9.17) is 0 Å². The highest BCUT2D eigenvalue weighted by atomic mass is 16.5. The Morgan fingerprint density at radius 3 is 1.41 bits per heavy atom. The molecule has 0 bridgehead atoms. The van der Waals surface area contributed by atoms with Gasteiger partial charge in [-0.2, -0.15) is 0 Å². The lowest BCUT2D eigenvalue weighted by molar-refractivity contribution is -0.140. The highest BCUT2D eigenvalue weighted by molar-refractivity contribution is 5.68. The van der Waals surface area contributed by atoms with E-state index in [1.54, 1.807) is 0 Å². The first-order valence-corrected chi connectivity index (χ1v) is 9.31. The monoisotopic (exact) mass is 312 g/mol. The van der Waals surface area contributed by atoms with Crippen molar-refractivity contribution in [1.82, 2.24) is 0 Å². The molecule has 130 valence electrons. The summed E-state index contributed by atoms with van der Waals surface area (Å²) in [7, 11) is 1.45. The fraction of sp³-hybridized carbons (Fsp3) is 0.895. The molecular formula is C19H36O3. The molecule has 22 heavy (non-hydrogen) atoms. The highest BCUT2D eigenvalue weighted by Crippen LogP contribution is 2.13. The molecule has 3 nitrogen and oxygen atoms in total. The number of ether oxygens (including phenoxy) is 1. The Morgan fingerprint density at radius 2 is 1.05 bits per heavy atom. The van der Waals surface area contributed by atoms with Crippen molar-refractivity contribution in [3.8, 4) is 0 Å². The summed E-state index contributed by atoms with van der Waals surface area (Å²) in [6.45, 7) is 0. The van der Waals surface area contributed by atoms with Gasteiger partial charge in [-0.15, -0.1) is 0 Å². The van der Waals surface area contributed by atoms with E-state index in [-0.39, 0.29) is 5.97 Å². The molecule has 0 aromatic rings. The number of aldehydes is 1. The third-order valence-corrected chi connectivity index (χ3v) is 4.18. The first kappa shape index (κ1) is 21.1. The molecule has 3 heteroatoms. The van der Waals surface area contributed by atoms with Gasteiger partial charge in [0.2, 0.25) is 0 Å². The first-order valence-electron chi connectivity index (χ1n) is 9.31. The minimum atomic E-state index is -0.0799.